The number of allylic oxidation sites excluding steroid dienone is 4. The highest BCUT2D eigenvalue weighted by atomic mass is 79.9. The molecular weight excluding hydrogens is 171 g/mol. The Morgan fingerprint density at radius 1 is 1.62 bits per heavy atom. The van der Waals surface area contributed by atoms with E-state index in [9.17, 15) is 4.39 Å². The van der Waals surface area contributed by atoms with Crippen molar-refractivity contribution in [2.24, 2.45) is 0 Å². The Morgan fingerprint density at radius 3 is 2.25 bits per heavy atom. The van der Waals surface area contributed by atoms with E-state index in [0.29, 0.717) is 4.48 Å². The molecule has 0 unspecified atom stereocenters. The molecule has 0 aromatic heterocycles. The predicted molar refractivity (Wildman–Crippen MR) is 37.5 cm³/mol. The first-order chi connectivity index (χ1) is 3.66. The molecule has 0 saturated carbocycles. The van der Waals surface area contributed by atoms with Crippen molar-refractivity contribution in [3.05, 3.63) is 35.6 Å². The maximum Gasteiger partial charge on any atom is 0.123 e. The van der Waals surface area contributed by atoms with E-state index in [1.165, 1.54) is 6.08 Å². The molecule has 8 heavy (non-hydrogen) atoms. The van der Waals surface area contributed by atoms with Crippen LogP contribution < -0.4 is 0 Å². The van der Waals surface area contributed by atoms with Gasteiger partial charge in [-0.3, -0.25) is 0 Å². The van der Waals surface area contributed by atoms with E-state index in [2.05, 4.69) is 29.1 Å². The average Bonchev–Trinajstić information content (AvgIpc) is 1.65. The van der Waals surface area contributed by atoms with Crippen LogP contribution in [0.4, 0.5) is 4.39 Å². The molecule has 0 aliphatic rings. The maximum absolute atomic E-state index is 12.0. The average molecular weight is 177 g/mol. The van der Waals surface area contributed by atoms with Gasteiger partial charge in [0.25, 0.3) is 0 Å². The first-order valence-electron chi connectivity index (χ1n) is 2.01. The molecule has 2 heteroatoms. The number of hydrogen-bond acceptors (Lipinski definition) is 0. The van der Waals surface area contributed by atoms with Crippen LogP contribution in [-0.4, -0.2) is 0 Å². The van der Waals surface area contributed by atoms with Crippen molar-refractivity contribution in [2.45, 2.75) is 0 Å². The van der Waals surface area contributed by atoms with Crippen LogP contribution in [0.2, 0.25) is 0 Å². The first kappa shape index (κ1) is 7.63. The fourth-order valence-corrected chi connectivity index (χ4v) is 0.427. The van der Waals surface area contributed by atoms with E-state index >= 15 is 0 Å². The Morgan fingerprint density at radius 2 is 2.12 bits per heavy atom. The standard InChI is InChI=1S/C6H6BrF/c1-3-6(8)4-5(2)7/h3-4H,1-2H2. The molecule has 0 N–H and O–H groups in total. The predicted octanol–water partition coefficient (Wildman–Crippen LogP) is 2.93. The highest BCUT2D eigenvalue weighted by Gasteiger charge is 1.83. The van der Waals surface area contributed by atoms with E-state index in [1.807, 2.05) is 0 Å². The van der Waals surface area contributed by atoms with Crippen LogP contribution in [0.5, 0.6) is 0 Å². The summed E-state index contributed by atoms with van der Waals surface area (Å²) in [5, 5.41) is 0. The Hall–Kier alpha value is -0.370. The normalized spacial score (nSPS) is 11.0. The van der Waals surface area contributed by atoms with Gasteiger partial charge in [-0.25, -0.2) is 4.39 Å². The lowest BCUT2D eigenvalue weighted by Gasteiger charge is -1.81. The number of rotatable bonds is 2. The summed E-state index contributed by atoms with van der Waals surface area (Å²) in [4.78, 5) is 0. The topological polar surface area (TPSA) is 0 Å². The van der Waals surface area contributed by atoms with Crippen LogP contribution >= 0.6 is 15.9 Å². The SMILES string of the molecule is C=CC(F)=CC(=C)Br. The summed E-state index contributed by atoms with van der Waals surface area (Å²) in [5.41, 5.74) is 0. The first-order valence-corrected chi connectivity index (χ1v) is 2.80. The Kier molecular flexibility index (Phi) is 3.44. The van der Waals surface area contributed by atoms with Crippen LogP contribution in [0, 0.1) is 0 Å². The second-order valence-corrected chi connectivity index (χ2v) is 2.20. The number of hydrogen-bond donors (Lipinski definition) is 0. The molecule has 0 saturated heterocycles. The van der Waals surface area contributed by atoms with Gasteiger partial charge < -0.3 is 0 Å². The van der Waals surface area contributed by atoms with Gasteiger partial charge in [-0.1, -0.05) is 29.1 Å². The summed E-state index contributed by atoms with van der Waals surface area (Å²) in [7, 11) is 0. The van der Waals surface area contributed by atoms with Gasteiger partial charge in [-0.2, -0.15) is 0 Å². The van der Waals surface area contributed by atoms with Gasteiger partial charge in [0, 0.05) is 4.48 Å². The van der Waals surface area contributed by atoms with Crippen LogP contribution in [-0.2, 0) is 0 Å². The minimum absolute atomic E-state index is 0.383. The van der Waals surface area contributed by atoms with Gasteiger partial charge in [0.1, 0.15) is 5.83 Å². The molecule has 0 rings (SSSR count). The zero-order chi connectivity index (χ0) is 6.57. The van der Waals surface area contributed by atoms with Crippen LogP contribution in [0.3, 0.4) is 0 Å². The molecule has 0 heterocycles. The van der Waals surface area contributed by atoms with Crippen LogP contribution in [0.25, 0.3) is 0 Å². The zero-order valence-corrected chi connectivity index (χ0v) is 5.91. The molecule has 0 fully saturated rings. The maximum atomic E-state index is 12.0. The van der Waals surface area contributed by atoms with Crippen LogP contribution in [0.15, 0.2) is 35.6 Å². The summed E-state index contributed by atoms with van der Waals surface area (Å²) in [6, 6.07) is 0. The lowest BCUT2D eigenvalue weighted by Crippen LogP contribution is -1.61. The molecule has 0 amide bonds. The van der Waals surface area contributed by atoms with E-state index in [1.54, 1.807) is 0 Å². The molecule has 0 radical (unpaired) electrons. The largest absolute Gasteiger partial charge is 0.207 e. The van der Waals surface area contributed by atoms with E-state index in [0.717, 1.165) is 6.08 Å². The van der Waals surface area contributed by atoms with Crippen molar-refractivity contribution in [3.8, 4) is 0 Å². The lowest BCUT2D eigenvalue weighted by molar-refractivity contribution is 0.667. The van der Waals surface area contributed by atoms with E-state index < -0.39 is 0 Å². The molecule has 0 aromatic carbocycles. The summed E-state index contributed by atoms with van der Waals surface area (Å²) >= 11 is 2.96. The molecule has 0 aromatic rings. The molecule has 0 aliphatic heterocycles. The van der Waals surface area contributed by atoms with Gasteiger partial charge in [0.05, 0.1) is 0 Å². The highest BCUT2D eigenvalue weighted by Crippen LogP contribution is 2.07. The van der Waals surface area contributed by atoms with Gasteiger partial charge in [0.2, 0.25) is 0 Å². The fourth-order valence-electron chi connectivity index (χ4n) is 0.209. The number of halogens is 2. The van der Waals surface area contributed by atoms with Crippen LogP contribution in [0.1, 0.15) is 0 Å². The third-order valence-corrected chi connectivity index (χ3v) is 0.718. The third kappa shape index (κ3) is 3.81. The quantitative estimate of drug-likeness (QED) is 0.568. The zero-order valence-electron chi connectivity index (χ0n) is 4.32. The summed E-state index contributed by atoms with van der Waals surface area (Å²) in [6.07, 6.45) is 2.36. The van der Waals surface area contributed by atoms with Crippen molar-refractivity contribution in [1.82, 2.24) is 0 Å². The van der Waals surface area contributed by atoms with Gasteiger partial charge in [-0.05, 0) is 12.2 Å². The van der Waals surface area contributed by atoms with Crippen molar-refractivity contribution in [3.63, 3.8) is 0 Å². The molecule has 0 bridgehead atoms. The van der Waals surface area contributed by atoms with Gasteiger partial charge in [0.15, 0.2) is 0 Å². The highest BCUT2D eigenvalue weighted by molar-refractivity contribution is 9.11. The van der Waals surface area contributed by atoms with Crippen molar-refractivity contribution in [2.75, 3.05) is 0 Å². The minimum Gasteiger partial charge on any atom is -0.207 e. The molecule has 44 valence electrons. The molecule has 0 nitrogen and oxygen atoms in total. The summed E-state index contributed by atoms with van der Waals surface area (Å²) in [6.45, 7) is 6.60. The van der Waals surface area contributed by atoms with E-state index in [-0.39, 0.29) is 5.83 Å². The van der Waals surface area contributed by atoms with Crippen molar-refractivity contribution in [1.29, 1.82) is 0 Å². The summed E-state index contributed by atoms with van der Waals surface area (Å²) in [5.74, 6) is -0.383. The van der Waals surface area contributed by atoms with Gasteiger partial charge >= 0.3 is 0 Å². The fraction of sp³-hybridized carbons (Fsp3) is 0. The van der Waals surface area contributed by atoms with Gasteiger partial charge in [-0.15, -0.1) is 0 Å². The Labute approximate surface area is 56.5 Å². The molecular formula is C6H6BrF. The third-order valence-electron chi connectivity index (χ3n) is 0.490. The minimum atomic E-state index is -0.383. The molecule has 0 aliphatic carbocycles. The smallest absolute Gasteiger partial charge is 0.123 e. The molecule has 0 atom stereocenters. The lowest BCUT2D eigenvalue weighted by atomic mass is 10.4. The van der Waals surface area contributed by atoms with E-state index in [4.69, 9.17) is 0 Å². The Bertz CT molecular complexity index is 135. The monoisotopic (exact) mass is 176 g/mol. The summed E-state index contributed by atoms with van der Waals surface area (Å²) < 4.78 is 12.5. The van der Waals surface area contributed by atoms with Crippen molar-refractivity contribution < 1.29 is 4.39 Å². The Balaban J connectivity index is 3.94. The molecule has 0 spiro atoms. The van der Waals surface area contributed by atoms with Crippen molar-refractivity contribution >= 4 is 15.9 Å². The second-order valence-electron chi connectivity index (χ2n) is 1.18. The second kappa shape index (κ2) is 3.61.